The second kappa shape index (κ2) is 7.76. The van der Waals surface area contributed by atoms with Gasteiger partial charge in [0.05, 0.1) is 12.1 Å². The average Bonchev–Trinajstić information content (AvgIpc) is 2.51. The van der Waals surface area contributed by atoms with Crippen LogP contribution >= 0.6 is 0 Å². The van der Waals surface area contributed by atoms with Gasteiger partial charge in [-0.05, 0) is 57.2 Å². The summed E-state index contributed by atoms with van der Waals surface area (Å²) in [4.78, 5) is 2.53. The standard InChI is InChI=1S/C15H29N3/c1-4-9-17-14(13-16)6-11-18-10-5-7-15(2,3)8-12-18/h14,17H,4-12H2,1-3H3. The predicted molar refractivity (Wildman–Crippen MR) is 76.4 cm³/mol. The molecule has 1 atom stereocenters. The van der Waals surface area contributed by atoms with Crippen LogP contribution in [0.3, 0.4) is 0 Å². The maximum absolute atomic E-state index is 9.09. The Labute approximate surface area is 113 Å². The van der Waals surface area contributed by atoms with Crippen molar-refractivity contribution >= 4 is 0 Å². The van der Waals surface area contributed by atoms with Crippen molar-refractivity contribution in [1.82, 2.24) is 10.2 Å². The lowest BCUT2D eigenvalue weighted by atomic mass is 9.85. The maximum Gasteiger partial charge on any atom is 0.0965 e. The third-order valence-electron chi connectivity index (χ3n) is 3.96. The molecule has 3 heteroatoms. The van der Waals surface area contributed by atoms with Crippen molar-refractivity contribution in [2.45, 2.75) is 58.9 Å². The summed E-state index contributed by atoms with van der Waals surface area (Å²) in [6, 6.07) is 2.40. The van der Waals surface area contributed by atoms with E-state index in [-0.39, 0.29) is 6.04 Å². The van der Waals surface area contributed by atoms with E-state index in [9.17, 15) is 0 Å². The van der Waals surface area contributed by atoms with E-state index >= 15 is 0 Å². The van der Waals surface area contributed by atoms with Crippen molar-refractivity contribution in [1.29, 1.82) is 5.26 Å². The molecule has 0 saturated carbocycles. The molecule has 0 amide bonds. The first-order valence-corrected chi connectivity index (χ1v) is 7.43. The second-order valence-corrected chi connectivity index (χ2v) is 6.28. The highest BCUT2D eigenvalue weighted by atomic mass is 15.1. The highest BCUT2D eigenvalue weighted by Gasteiger charge is 2.23. The lowest BCUT2D eigenvalue weighted by Gasteiger charge is -2.24. The average molecular weight is 251 g/mol. The number of nitrogens with zero attached hydrogens (tertiary/aromatic N) is 2. The molecule has 104 valence electrons. The lowest BCUT2D eigenvalue weighted by molar-refractivity contribution is 0.254. The van der Waals surface area contributed by atoms with Crippen LogP contribution in [0, 0.1) is 16.7 Å². The fraction of sp³-hybridized carbons (Fsp3) is 0.933. The van der Waals surface area contributed by atoms with Gasteiger partial charge in [0.15, 0.2) is 0 Å². The van der Waals surface area contributed by atoms with Gasteiger partial charge in [0.25, 0.3) is 0 Å². The van der Waals surface area contributed by atoms with Crippen LogP contribution in [0.2, 0.25) is 0 Å². The van der Waals surface area contributed by atoms with Gasteiger partial charge in [-0.15, -0.1) is 0 Å². The van der Waals surface area contributed by atoms with Crippen molar-refractivity contribution in [2.75, 3.05) is 26.2 Å². The molecule has 0 aromatic heterocycles. The maximum atomic E-state index is 9.09. The molecular weight excluding hydrogens is 222 g/mol. The first-order chi connectivity index (χ1) is 8.57. The minimum absolute atomic E-state index is 0.0289. The zero-order valence-electron chi connectivity index (χ0n) is 12.3. The van der Waals surface area contributed by atoms with E-state index in [0.717, 1.165) is 25.9 Å². The predicted octanol–water partition coefficient (Wildman–Crippen LogP) is 2.78. The molecule has 18 heavy (non-hydrogen) atoms. The molecule has 1 rings (SSSR count). The van der Waals surface area contributed by atoms with Crippen molar-refractivity contribution < 1.29 is 0 Å². The molecule has 1 N–H and O–H groups in total. The SMILES string of the molecule is CCCNC(C#N)CCN1CCCC(C)(C)CC1. The Kier molecular flexibility index (Phi) is 6.67. The Morgan fingerprint density at radius 1 is 1.33 bits per heavy atom. The normalized spacial score (nSPS) is 22.1. The minimum Gasteiger partial charge on any atom is -0.303 e. The van der Waals surface area contributed by atoms with Gasteiger partial charge < -0.3 is 10.2 Å². The highest BCUT2D eigenvalue weighted by Crippen LogP contribution is 2.29. The Hall–Kier alpha value is -0.590. The summed E-state index contributed by atoms with van der Waals surface area (Å²) in [7, 11) is 0. The van der Waals surface area contributed by atoms with Crippen LogP contribution in [0.1, 0.15) is 52.9 Å². The molecule has 0 aromatic carbocycles. The van der Waals surface area contributed by atoms with Crippen molar-refractivity contribution in [3.8, 4) is 6.07 Å². The van der Waals surface area contributed by atoms with Crippen LogP contribution in [-0.4, -0.2) is 37.1 Å². The van der Waals surface area contributed by atoms with Gasteiger partial charge in [0.2, 0.25) is 0 Å². The van der Waals surface area contributed by atoms with E-state index in [2.05, 4.69) is 37.1 Å². The lowest BCUT2D eigenvalue weighted by Crippen LogP contribution is -2.34. The van der Waals surface area contributed by atoms with Crippen LogP contribution in [-0.2, 0) is 0 Å². The summed E-state index contributed by atoms with van der Waals surface area (Å²) in [6.07, 6.45) is 5.96. The molecular formula is C15H29N3. The summed E-state index contributed by atoms with van der Waals surface area (Å²) >= 11 is 0. The fourth-order valence-corrected chi connectivity index (χ4v) is 2.54. The third-order valence-corrected chi connectivity index (χ3v) is 3.96. The number of hydrogen-bond acceptors (Lipinski definition) is 3. The Balaban J connectivity index is 2.28. The van der Waals surface area contributed by atoms with Gasteiger partial charge in [-0.3, -0.25) is 0 Å². The van der Waals surface area contributed by atoms with Crippen molar-refractivity contribution in [2.24, 2.45) is 5.41 Å². The Morgan fingerprint density at radius 3 is 2.78 bits per heavy atom. The van der Waals surface area contributed by atoms with E-state index in [1.165, 1.54) is 32.4 Å². The van der Waals surface area contributed by atoms with Gasteiger partial charge in [-0.1, -0.05) is 20.8 Å². The smallest absolute Gasteiger partial charge is 0.0965 e. The second-order valence-electron chi connectivity index (χ2n) is 6.28. The molecule has 0 spiro atoms. The van der Waals surface area contributed by atoms with Crippen LogP contribution in [0.25, 0.3) is 0 Å². The van der Waals surface area contributed by atoms with E-state index in [4.69, 9.17) is 5.26 Å². The van der Waals surface area contributed by atoms with E-state index in [1.54, 1.807) is 0 Å². The van der Waals surface area contributed by atoms with Crippen molar-refractivity contribution in [3.05, 3.63) is 0 Å². The molecule has 1 fully saturated rings. The molecule has 0 bridgehead atoms. The molecule has 3 nitrogen and oxygen atoms in total. The topological polar surface area (TPSA) is 39.1 Å². The summed E-state index contributed by atoms with van der Waals surface area (Å²) in [6.45, 7) is 11.3. The van der Waals surface area contributed by atoms with Crippen LogP contribution in [0.15, 0.2) is 0 Å². The van der Waals surface area contributed by atoms with E-state index in [0.29, 0.717) is 5.41 Å². The third kappa shape index (κ3) is 5.84. The zero-order valence-corrected chi connectivity index (χ0v) is 12.3. The van der Waals surface area contributed by atoms with Gasteiger partial charge in [0.1, 0.15) is 0 Å². The number of nitrogens with one attached hydrogen (secondary N) is 1. The number of nitriles is 1. The van der Waals surface area contributed by atoms with Gasteiger partial charge >= 0.3 is 0 Å². The summed E-state index contributed by atoms with van der Waals surface area (Å²) < 4.78 is 0. The molecule has 1 aliphatic heterocycles. The highest BCUT2D eigenvalue weighted by molar-refractivity contribution is 4.90. The molecule has 1 saturated heterocycles. The summed E-state index contributed by atoms with van der Waals surface area (Å²) in [5.74, 6) is 0. The van der Waals surface area contributed by atoms with Gasteiger partial charge in [-0.25, -0.2) is 0 Å². The molecule has 1 unspecified atom stereocenters. The quantitative estimate of drug-likeness (QED) is 0.789. The number of likely N-dealkylation sites (tertiary alicyclic amines) is 1. The molecule has 0 radical (unpaired) electrons. The monoisotopic (exact) mass is 251 g/mol. The Morgan fingerprint density at radius 2 is 2.11 bits per heavy atom. The van der Waals surface area contributed by atoms with Crippen molar-refractivity contribution in [3.63, 3.8) is 0 Å². The summed E-state index contributed by atoms with van der Waals surface area (Å²) in [5, 5.41) is 12.4. The first-order valence-electron chi connectivity index (χ1n) is 7.43. The Bertz CT molecular complexity index is 267. The van der Waals surface area contributed by atoms with E-state index in [1.807, 2.05) is 0 Å². The number of rotatable bonds is 6. The summed E-state index contributed by atoms with van der Waals surface area (Å²) in [5.41, 5.74) is 0.504. The van der Waals surface area contributed by atoms with Crippen LogP contribution in [0.4, 0.5) is 0 Å². The zero-order chi connectivity index (χ0) is 13.4. The number of hydrogen-bond donors (Lipinski definition) is 1. The molecule has 0 aromatic rings. The van der Waals surface area contributed by atoms with Crippen LogP contribution in [0.5, 0.6) is 0 Å². The first kappa shape index (κ1) is 15.5. The van der Waals surface area contributed by atoms with Gasteiger partial charge in [-0.2, -0.15) is 5.26 Å². The largest absolute Gasteiger partial charge is 0.303 e. The van der Waals surface area contributed by atoms with E-state index < -0.39 is 0 Å². The molecule has 1 heterocycles. The fourth-order valence-electron chi connectivity index (χ4n) is 2.54. The van der Waals surface area contributed by atoms with Crippen LogP contribution < -0.4 is 5.32 Å². The molecule has 0 aliphatic carbocycles. The minimum atomic E-state index is 0.0289. The molecule has 1 aliphatic rings. The van der Waals surface area contributed by atoms with Gasteiger partial charge in [0, 0.05) is 6.54 Å².